The van der Waals surface area contributed by atoms with E-state index >= 15 is 0 Å². The zero-order valence-electron chi connectivity index (χ0n) is 40.5. The lowest BCUT2D eigenvalue weighted by molar-refractivity contribution is -0.0678. The van der Waals surface area contributed by atoms with Crippen molar-refractivity contribution in [2.45, 2.75) is 103 Å². The number of rotatable bonds is 44. The van der Waals surface area contributed by atoms with E-state index in [1.807, 2.05) is 41.5 Å². The standard InChI is InChI=1S/C40H86N4O17Si2/c1-33(43-39(45)41-15-13-25-62(47-7,48-8)49-9)27-58-37(5)31-60-35(3)29-56-23-21-54-19-17-53-18-20-55-22-24-57-30-36(4)61-32-38(6)59-28-34(2)44-40(46)42-16-14-26-63(50-10,51-11)52-12/h33-38H,13-32H2,1-12H3,(H2,41,43,45)(H2,42,44,46). The van der Waals surface area contributed by atoms with Crippen molar-refractivity contribution in [3.63, 3.8) is 0 Å². The Morgan fingerprint density at radius 3 is 0.968 bits per heavy atom. The predicted molar refractivity (Wildman–Crippen MR) is 240 cm³/mol. The van der Waals surface area contributed by atoms with Gasteiger partial charge in [0.15, 0.2) is 0 Å². The van der Waals surface area contributed by atoms with Crippen molar-refractivity contribution in [2.24, 2.45) is 0 Å². The lowest BCUT2D eigenvalue weighted by Crippen LogP contribution is -2.45. The van der Waals surface area contributed by atoms with Gasteiger partial charge in [-0.1, -0.05) is 0 Å². The SMILES string of the molecule is CO[Si](CCCNC(=O)NC(C)COC(C)COC(C)COCCOCCOCCOCCOCC(C)OCC(C)OCC(C)NC(=O)NCCC[Si](OC)(OC)OC)(OC)OC. The van der Waals surface area contributed by atoms with Crippen LogP contribution >= 0.6 is 0 Å². The molecule has 0 heterocycles. The highest BCUT2D eigenvalue weighted by Crippen LogP contribution is 2.15. The first kappa shape index (κ1) is 61.4. The molecule has 23 heteroatoms. The van der Waals surface area contributed by atoms with E-state index in [1.165, 1.54) is 0 Å². The number of amides is 4. The van der Waals surface area contributed by atoms with Crippen LogP contribution in [0.1, 0.15) is 54.4 Å². The summed E-state index contributed by atoms with van der Waals surface area (Å²) >= 11 is 0. The third-order valence-electron chi connectivity index (χ3n) is 9.20. The number of carbonyl (C=O) groups is 2. The van der Waals surface area contributed by atoms with E-state index in [2.05, 4.69) is 21.3 Å². The Bertz CT molecular complexity index is 995. The maximum absolute atomic E-state index is 12.2. The van der Waals surface area contributed by atoms with E-state index in [0.29, 0.717) is 131 Å². The number of hydrogen-bond donors (Lipinski definition) is 4. The highest BCUT2D eigenvalue weighted by Gasteiger charge is 2.37. The zero-order valence-corrected chi connectivity index (χ0v) is 42.5. The summed E-state index contributed by atoms with van der Waals surface area (Å²) in [5.41, 5.74) is 0. The predicted octanol–water partition coefficient (Wildman–Crippen LogP) is 2.60. The molecule has 0 aromatic rings. The molecule has 0 spiro atoms. The van der Waals surface area contributed by atoms with Crippen molar-refractivity contribution in [3.05, 3.63) is 0 Å². The average Bonchev–Trinajstić information content (AvgIpc) is 3.28. The Morgan fingerprint density at radius 2 is 0.667 bits per heavy atom. The molecule has 21 nitrogen and oxygen atoms in total. The summed E-state index contributed by atoms with van der Waals surface area (Å²) in [5, 5.41) is 11.4. The van der Waals surface area contributed by atoms with Gasteiger partial charge in [0, 0.05) is 67.8 Å². The molecule has 4 amide bonds. The molecule has 0 bridgehead atoms. The van der Waals surface area contributed by atoms with E-state index < -0.39 is 17.6 Å². The summed E-state index contributed by atoms with van der Waals surface area (Å²) in [7, 11) is 4.13. The van der Waals surface area contributed by atoms with Gasteiger partial charge >= 0.3 is 29.7 Å². The largest absolute Gasteiger partial charge is 0.500 e. The minimum absolute atomic E-state index is 0.111. The van der Waals surface area contributed by atoms with Crippen LogP contribution < -0.4 is 21.3 Å². The second kappa shape index (κ2) is 39.5. The average molecular weight is 951 g/mol. The summed E-state index contributed by atoms with van der Waals surface area (Å²) in [6.45, 7) is 18.4. The van der Waals surface area contributed by atoms with Gasteiger partial charge in [0.2, 0.25) is 0 Å². The topological polar surface area (TPSA) is 221 Å². The normalized spacial score (nSPS) is 15.0. The fraction of sp³-hybridized carbons (Fsp3) is 0.950. The Kier molecular flexibility index (Phi) is 38.5. The van der Waals surface area contributed by atoms with Crippen molar-refractivity contribution in [3.8, 4) is 0 Å². The van der Waals surface area contributed by atoms with Crippen LogP contribution in [0.4, 0.5) is 9.59 Å². The molecule has 0 saturated carbocycles. The van der Waals surface area contributed by atoms with Crippen LogP contribution in [0.15, 0.2) is 0 Å². The molecule has 6 unspecified atom stereocenters. The van der Waals surface area contributed by atoms with Crippen LogP contribution in [0.25, 0.3) is 0 Å². The fourth-order valence-corrected chi connectivity index (χ4v) is 8.89. The fourth-order valence-electron chi connectivity index (χ4n) is 5.44. The van der Waals surface area contributed by atoms with E-state index in [0.717, 1.165) is 0 Å². The van der Waals surface area contributed by atoms with E-state index in [9.17, 15) is 9.59 Å². The summed E-state index contributed by atoms with van der Waals surface area (Å²) in [4.78, 5) is 24.4. The smallest absolute Gasteiger partial charge is 0.377 e. The molecular formula is C40H86N4O17Si2. The highest BCUT2D eigenvalue weighted by atomic mass is 28.4. The lowest BCUT2D eigenvalue weighted by atomic mass is 10.3. The molecule has 0 fully saturated rings. The minimum Gasteiger partial charge on any atom is -0.377 e. The summed E-state index contributed by atoms with van der Waals surface area (Å²) in [6, 6.07) is 0.328. The van der Waals surface area contributed by atoms with Crippen LogP contribution in [0.5, 0.6) is 0 Å². The first-order chi connectivity index (χ1) is 30.2. The minimum atomic E-state index is -2.64. The molecule has 376 valence electrons. The Balaban J connectivity index is 3.67. The molecule has 0 aromatic heterocycles. The Morgan fingerprint density at radius 1 is 0.397 bits per heavy atom. The van der Waals surface area contributed by atoms with Crippen LogP contribution in [0.3, 0.4) is 0 Å². The number of urea groups is 2. The molecule has 63 heavy (non-hydrogen) atoms. The van der Waals surface area contributed by atoms with Crippen molar-refractivity contribution < 1.29 is 78.8 Å². The lowest BCUT2D eigenvalue weighted by Gasteiger charge is -2.24. The quantitative estimate of drug-likeness (QED) is 0.0510. The molecule has 0 aliphatic heterocycles. The molecule has 0 aliphatic carbocycles. The third kappa shape index (κ3) is 33.5. The molecule has 0 saturated heterocycles. The van der Waals surface area contributed by atoms with E-state index in [1.54, 1.807) is 42.7 Å². The number of carbonyl (C=O) groups excluding carboxylic acids is 2. The van der Waals surface area contributed by atoms with E-state index in [4.69, 9.17) is 69.2 Å². The highest BCUT2D eigenvalue weighted by molar-refractivity contribution is 6.60. The molecule has 6 atom stereocenters. The van der Waals surface area contributed by atoms with Gasteiger partial charge < -0.3 is 90.5 Å². The maximum atomic E-state index is 12.2. The van der Waals surface area contributed by atoms with Crippen molar-refractivity contribution >= 4 is 29.7 Å². The Hall–Kier alpha value is -1.63. The van der Waals surface area contributed by atoms with Crippen molar-refractivity contribution in [2.75, 3.05) is 148 Å². The monoisotopic (exact) mass is 951 g/mol. The third-order valence-corrected chi connectivity index (χ3v) is 14.9. The number of nitrogens with one attached hydrogen (secondary N) is 4. The molecular weight excluding hydrogens is 865 g/mol. The molecule has 0 rings (SSSR count). The summed E-state index contributed by atoms with van der Waals surface area (Å²) < 4.78 is 83.7. The first-order valence-corrected chi connectivity index (χ1v) is 25.8. The molecule has 0 radical (unpaired) electrons. The van der Waals surface area contributed by atoms with Gasteiger partial charge in [-0.3, -0.25) is 0 Å². The van der Waals surface area contributed by atoms with Gasteiger partial charge in [0.1, 0.15) is 0 Å². The Labute approximate surface area is 380 Å². The summed E-state index contributed by atoms with van der Waals surface area (Å²) in [6.07, 6.45) is 0.821. The first-order valence-electron chi connectivity index (χ1n) is 22.0. The van der Waals surface area contributed by atoms with Crippen molar-refractivity contribution in [1.82, 2.24) is 21.3 Å². The van der Waals surface area contributed by atoms with Crippen LogP contribution in [-0.4, -0.2) is 214 Å². The van der Waals surface area contributed by atoms with Gasteiger partial charge in [-0.25, -0.2) is 9.59 Å². The summed E-state index contributed by atoms with van der Waals surface area (Å²) in [5.74, 6) is 0. The van der Waals surface area contributed by atoms with Crippen LogP contribution in [-0.2, 0) is 69.2 Å². The molecule has 0 aromatic carbocycles. The zero-order chi connectivity index (χ0) is 47.2. The van der Waals surface area contributed by atoms with Gasteiger partial charge in [-0.05, 0) is 54.4 Å². The van der Waals surface area contributed by atoms with Crippen molar-refractivity contribution in [1.29, 1.82) is 0 Å². The van der Waals surface area contributed by atoms with E-state index in [-0.39, 0.29) is 48.6 Å². The molecule has 4 N–H and O–H groups in total. The molecule has 0 aliphatic rings. The number of hydrogen-bond acceptors (Lipinski definition) is 17. The van der Waals surface area contributed by atoms with Crippen LogP contribution in [0, 0.1) is 0 Å². The van der Waals surface area contributed by atoms with Gasteiger partial charge in [0.25, 0.3) is 0 Å². The number of ether oxygens (including phenoxy) is 9. The second-order valence-electron chi connectivity index (χ2n) is 15.0. The van der Waals surface area contributed by atoms with Gasteiger partial charge in [-0.15, -0.1) is 0 Å². The van der Waals surface area contributed by atoms with Gasteiger partial charge in [0.05, 0.1) is 129 Å². The van der Waals surface area contributed by atoms with Gasteiger partial charge in [-0.2, -0.15) is 0 Å². The second-order valence-corrected chi connectivity index (χ2v) is 21.1. The maximum Gasteiger partial charge on any atom is 0.500 e. The van der Waals surface area contributed by atoms with Crippen LogP contribution in [0.2, 0.25) is 12.1 Å².